The standard InChI is InChI=1S/C28H37N3O/c1-24(2,3)21-13-12-16-22-29-19-14-17-18(26(6,7)27(8,9)25(17,4)5)15-20(19)31(22)28(10,11)32-23(16)30-21/h12-15H,1-11H3/i14D,15D. The molecule has 0 bridgehead atoms. The molecular formula is C28H37N3O. The molecule has 1 aliphatic carbocycles. The smallest absolute Gasteiger partial charge is 0.226 e. The number of hydrogen-bond donors (Lipinski definition) is 0. The van der Waals surface area contributed by atoms with E-state index in [1.54, 1.807) is 0 Å². The van der Waals surface area contributed by atoms with Crippen LogP contribution in [0.4, 0.5) is 0 Å². The van der Waals surface area contributed by atoms with Crippen molar-refractivity contribution in [3.63, 3.8) is 0 Å². The molecule has 0 radical (unpaired) electrons. The van der Waals surface area contributed by atoms with Crippen LogP contribution in [-0.2, 0) is 22.0 Å². The van der Waals surface area contributed by atoms with Gasteiger partial charge in [-0.3, -0.25) is 4.57 Å². The average Bonchev–Trinajstić information content (AvgIpc) is 3.15. The molecule has 32 heavy (non-hydrogen) atoms. The predicted molar refractivity (Wildman–Crippen MR) is 131 cm³/mol. The van der Waals surface area contributed by atoms with Crippen LogP contribution in [0.1, 0.15) is 95.7 Å². The van der Waals surface area contributed by atoms with E-state index in [2.05, 4.69) is 62.3 Å². The summed E-state index contributed by atoms with van der Waals surface area (Å²) in [6.45, 7) is 23.7. The Hall–Kier alpha value is -2.36. The van der Waals surface area contributed by atoms with Gasteiger partial charge in [0.05, 0.1) is 19.3 Å². The van der Waals surface area contributed by atoms with E-state index in [0.29, 0.717) is 29.0 Å². The Bertz CT molecular complexity index is 1390. The van der Waals surface area contributed by atoms with E-state index in [-0.39, 0.29) is 21.7 Å². The zero-order valence-electron chi connectivity index (χ0n) is 23.4. The minimum Gasteiger partial charge on any atom is -0.451 e. The fourth-order valence-corrected chi connectivity index (χ4v) is 5.42. The lowest BCUT2D eigenvalue weighted by atomic mass is 9.59. The van der Waals surface area contributed by atoms with Gasteiger partial charge in [-0.25, -0.2) is 9.97 Å². The van der Waals surface area contributed by atoms with Crippen LogP contribution in [0.3, 0.4) is 0 Å². The van der Waals surface area contributed by atoms with Gasteiger partial charge in [0.1, 0.15) is 5.82 Å². The molecule has 5 rings (SSSR count). The van der Waals surface area contributed by atoms with Crippen LogP contribution in [0, 0.1) is 5.41 Å². The van der Waals surface area contributed by atoms with Crippen molar-refractivity contribution in [3.8, 4) is 17.3 Å². The third-order valence-corrected chi connectivity index (χ3v) is 8.74. The van der Waals surface area contributed by atoms with Crippen molar-refractivity contribution in [3.05, 3.63) is 41.0 Å². The van der Waals surface area contributed by atoms with Crippen molar-refractivity contribution in [1.82, 2.24) is 14.5 Å². The third-order valence-electron chi connectivity index (χ3n) is 8.74. The van der Waals surface area contributed by atoms with Gasteiger partial charge in [0, 0.05) is 11.1 Å². The number of nitrogens with zero attached hydrogens (tertiary/aromatic N) is 3. The quantitative estimate of drug-likeness (QED) is 0.380. The molecule has 0 atom stereocenters. The fraction of sp³-hybridized carbons (Fsp3) is 0.571. The first-order valence-corrected chi connectivity index (χ1v) is 11.6. The second kappa shape index (κ2) is 5.76. The lowest BCUT2D eigenvalue weighted by Gasteiger charge is -2.44. The van der Waals surface area contributed by atoms with Crippen molar-refractivity contribution in [1.29, 1.82) is 0 Å². The number of aromatic nitrogens is 3. The highest BCUT2D eigenvalue weighted by atomic mass is 16.5. The molecule has 4 nitrogen and oxygen atoms in total. The van der Waals surface area contributed by atoms with E-state index >= 15 is 0 Å². The molecule has 3 heterocycles. The van der Waals surface area contributed by atoms with Gasteiger partial charge in [0.2, 0.25) is 5.88 Å². The van der Waals surface area contributed by atoms with E-state index in [0.717, 1.165) is 28.2 Å². The molecule has 0 amide bonds. The van der Waals surface area contributed by atoms with E-state index in [9.17, 15) is 2.74 Å². The van der Waals surface area contributed by atoms with Crippen LogP contribution in [-0.4, -0.2) is 14.5 Å². The van der Waals surface area contributed by atoms with E-state index in [1.807, 2.05) is 30.5 Å². The second-order valence-corrected chi connectivity index (χ2v) is 12.7. The maximum atomic E-state index is 9.44. The molecule has 2 aromatic heterocycles. The number of pyridine rings is 1. The molecule has 0 saturated carbocycles. The second-order valence-electron chi connectivity index (χ2n) is 12.7. The first-order chi connectivity index (χ1) is 15.4. The minimum absolute atomic E-state index is 0.104. The molecule has 1 aliphatic heterocycles. The maximum Gasteiger partial charge on any atom is 0.226 e. The summed E-state index contributed by atoms with van der Waals surface area (Å²) in [7, 11) is 0. The molecule has 170 valence electrons. The van der Waals surface area contributed by atoms with E-state index in [4.69, 9.17) is 14.7 Å². The molecule has 0 N–H and O–H groups in total. The number of imidazole rings is 1. The molecule has 0 fully saturated rings. The molecule has 4 heteroatoms. The van der Waals surface area contributed by atoms with Crippen LogP contribution in [0.25, 0.3) is 22.4 Å². The summed E-state index contributed by atoms with van der Waals surface area (Å²) in [5.41, 5.74) is 3.34. The molecule has 0 unspecified atom stereocenters. The topological polar surface area (TPSA) is 39.9 Å². The highest BCUT2D eigenvalue weighted by Gasteiger charge is 2.57. The zero-order chi connectivity index (χ0) is 25.4. The van der Waals surface area contributed by atoms with Crippen molar-refractivity contribution in [2.24, 2.45) is 5.41 Å². The van der Waals surface area contributed by atoms with Crippen molar-refractivity contribution in [2.45, 2.75) is 98.1 Å². The number of fused-ring (bicyclic) bond motifs is 6. The summed E-state index contributed by atoms with van der Waals surface area (Å²) in [5.74, 6) is 1.28. The Morgan fingerprint density at radius 1 is 0.875 bits per heavy atom. The molecular weight excluding hydrogens is 394 g/mol. The SMILES string of the molecule is [2H]c1c2c(c([2H])c3c1nc1n3C(C)(C)Oc3nc(C(C)(C)C)ccc3-1)C(C)(C)C(C)(C)C2(C)C. The number of hydrogen-bond acceptors (Lipinski definition) is 3. The number of rotatable bonds is 0. The van der Waals surface area contributed by atoms with Crippen molar-refractivity contribution >= 4 is 11.0 Å². The van der Waals surface area contributed by atoms with E-state index in [1.165, 1.54) is 0 Å². The maximum absolute atomic E-state index is 9.44. The summed E-state index contributed by atoms with van der Waals surface area (Å²) >= 11 is 0. The van der Waals surface area contributed by atoms with Gasteiger partial charge in [-0.2, -0.15) is 0 Å². The average molecular weight is 434 g/mol. The van der Waals surface area contributed by atoms with Gasteiger partial charge in [0.25, 0.3) is 0 Å². The largest absolute Gasteiger partial charge is 0.451 e. The molecule has 0 saturated heterocycles. The number of benzene rings is 1. The zero-order valence-corrected chi connectivity index (χ0v) is 21.4. The number of ether oxygens (including phenoxy) is 1. The first kappa shape index (κ1) is 19.1. The molecule has 2 aliphatic rings. The van der Waals surface area contributed by atoms with Gasteiger partial charge in [0.15, 0.2) is 5.72 Å². The highest BCUT2D eigenvalue weighted by Crippen LogP contribution is 2.62. The molecule has 1 aromatic carbocycles. The van der Waals surface area contributed by atoms with Crippen molar-refractivity contribution < 1.29 is 7.48 Å². The normalized spacial score (nSPS) is 22.5. The minimum atomic E-state index is -0.801. The summed E-state index contributed by atoms with van der Waals surface area (Å²) < 4.78 is 27.2. The van der Waals surface area contributed by atoms with Gasteiger partial charge in [-0.15, -0.1) is 0 Å². The van der Waals surface area contributed by atoms with Gasteiger partial charge in [-0.05, 0) is 65.4 Å². The van der Waals surface area contributed by atoms with Crippen LogP contribution in [0.15, 0.2) is 24.2 Å². The Kier molecular flexibility index (Phi) is 3.44. The Morgan fingerprint density at radius 3 is 2.06 bits per heavy atom. The monoisotopic (exact) mass is 433 g/mol. The molecule has 0 spiro atoms. The lowest BCUT2D eigenvalue weighted by molar-refractivity contribution is 0.0251. The van der Waals surface area contributed by atoms with Gasteiger partial charge < -0.3 is 4.74 Å². The van der Waals surface area contributed by atoms with E-state index < -0.39 is 5.72 Å². The van der Waals surface area contributed by atoms with Gasteiger partial charge >= 0.3 is 0 Å². The van der Waals surface area contributed by atoms with Crippen LogP contribution < -0.4 is 4.74 Å². The first-order valence-electron chi connectivity index (χ1n) is 12.6. The van der Waals surface area contributed by atoms with Crippen LogP contribution in [0.2, 0.25) is 0 Å². The van der Waals surface area contributed by atoms with Crippen molar-refractivity contribution in [2.75, 3.05) is 0 Å². The summed E-state index contributed by atoms with van der Waals surface area (Å²) in [5, 5.41) is 0. The summed E-state index contributed by atoms with van der Waals surface area (Å²) in [6, 6.07) is 4.95. The summed E-state index contributed by atoms with van der Waals surface area (Å²) in [6.07, 6.45) is 0. The van der Waals surface area contributed by atoms with Crippen LogP contribution >= 0.6 is 0 Å². The fourth-order valence-electron chi connectivity index (χ4n) is 5.42. The Labute approximate surface area is 195 Å². The van der Waals surface area contributed by atoms with Crippen LogP contribution in [0.5, 0.6) is 5.88 Å². The Morgan fingerprint density at radius 2 is 1.47 bits per heavy atom. The third kappa shape index (κ3) is 2.44. The summed E-state index contributed by atoms with van der Waals surface area (Å²) in [4.78, 5) is 9.87. The lowest BCUT2D eigenvalue weighted by Crippen LogP contribution is -2.42. The predicted octanol–water partition coefficient (Wildman–Crippen LogP) is 7.08. The Balaban J connectivity index is 1.90. The van der Waals surface area contributed by atoms with Gasteiger partial charge in [-0.1, -0.05) is 62.3 Å². The highest BCUT2D eigenvalue weighted by molar-refractivity contribution is 5.85. The molecule has 3 aromatic rings.